The average Bonchev–Trinajstić information content (AvgIpc) is 2.25. The number of nitrogens with zero attached hydrogens (tertiary/aromatic N) is 3. The first-order chi connectivity index (χ1) is 7.56. The molecule has 0 aliphatic rings. The highest BCUT2D eigenvalue weighted by Gasteiger charge is 2.19. The van der Waals surface area contributed by atoms with Gasteiger partial charge < -0.3 is 4.90 Å². The first-order valence-corrected chi connectivity index (χ1v) is 5.65. The van der Waals surface area contributed by atoms with Crippen molar-refractivity contribution in [3.63, 3.8) is 0 Å². The van der Waals surface area contributed by atoms with E-state index in [1.54, 1.807) is 18.3 Å². The Morgan fingerprint density at radius 1 is 1.62 bits per heavy atom. The van der Waals surface area contributed by atoms with Crippen LogP contribution in [-0.2, 0) is 0 Å². The molecular formula is C11H12BrN3O. The highest BCUT2D eigenvalue weighted by Crippen LogP contribution is 2.10. The molecule has 1 amide bonds. The van der Waals surface area contributed by atoms with E-state index in [2.05, 4.69) is 20.9 Å². The van der Waals surface area contributed by atoms with Crippen molar-refractivity contribution < 1.29 is 4.79 Å². The fourth-order valence-electron chi connectivity index (χ4n) is 1.21. The summed E-state index contributed by atoms with van der Waals surface area (Å²) in [6, 6.07) is 5.36. The van der Waals surface area contributed by atoms with Crippen molar-refractivity contribution in [1.82, 2.24) is 9.88 Å². The number of carbonyl (C=O) groups is 1. The Bertz CT molecular complexity index is 408. The van der Waals surface area contributed by atoms with Gasteiger partial charge in [-0.05, 0) is 41.9 Å². The Morgan fingerprint density at radius 3 is 2.75 bits per heavy atom. The molecule has 4 nitrogen and oxygen atoms in total. The molecule has 1 heterocycles. The second-order valence-electron chi connectivity index (χ2n) is 3.55. The van der Waals surface area contributed by atoms with Gasteiger partial charge in [0.1, 0.15) is 12.2 Å². The number of rotatable bonds is 3. The standard InChI is InChI=1S/C11H12BrN3O/c1-8(2)15(6-5-13)11(16)10-4-3-9(12)7-14-10/h3-4,7-8H,6H2,1-2H3. The van der Waals surface area contributed by atoms with Gasteiger partial charge in [0.05, 0.1) is 6.07 Å². The van der Waals surface area contributed by atoms with E-state index in [0.717, 1.165) is 4.47 Å². The zero-order valence-electron chi connectivity index (χ0n) is 9.14. The average molecular weight is 282 g/mol. The van der Waals surface area contributed by atoms with Gasteiger partial charge in [-0.15, -0.1) is 0 Å². The summed E-state index contributed by atoms with van der Waals surface area (Å²) in [5.74, 6) is -0.218. The number of carbonyl (C=O) groups excluding carboxylic acids is 1. The second kappa shape index (κ2) is 5.61. The van der Waals surface area contributed by atoms with Gasteiger partial charge in [-0.2, -0.15) is 5.26 Å². The summed E-state index contributed by atoms with van der Waals surface area (Å²) in [5, 5.41) is 8.65. The van der Waals surface area contributed by atoms with Crippen LogP contribution in [0.4, 0.5) is 0 Å². The molecule has 1 rings (SSSR count). The number of amides is 1. The van der Waals surface area contributed by atoms with Crippen molar-refractivity contribution in [2.75, 3.05) is 6.54 Å². The highest BCUT2D eigenvalue weighted by atomic mass is 79.9. The molecule has 84 valence electrons. The lowest BCUT2D eigenvalue weighted by atomic mass is 10.2. The van der Waals surface area contributed by atoms with Gasteiger partial charge in [0.2, 0.25) is 0 Å². The normalized spacial score (nSPS) is 9.94. The summed E-state index contributed by atoms with van der Waals surface area (Å²) >= 11 is 3.25. The largest absolute Gasteiger partial charge is 0.322 e. The van der Waals surface area contributed by atoms with Gasteiger partial charge in [-0.1, -0.05) is 0 Å². The summed E-state index contributed by atoms with van der Waals surface area (Å²) in [4.78, 5) is 17.5. The molecule has 1 aromatic heterocycles. The van der Waals surface area contributed by atoms with Crippen molar-refractivity contribution in [1.29, 1.82) is 5.26 Å². The molecule has 0 aromatic carbocycles. The minimum absolute atomic E-state index is 0.0161. The molecule has 0 radical (unpaired) electrons. The Morgan fingerprint density at radius 2 is 2.31 bits per heavy atom. The fourth-order valence-corrected chi connectivity index (χ4v) is 1.45. The molecule has 0 atom stereocenters. The second-order valence-corrected chi connectivity index (χ2v) is 4.46. The SMILES string of the molecule is CC(C)N(CC#N)C(=O)c1ccc(Br)cn1. The van der Waals surface area contributed by atoms with Crippen LogP contribution < -0.4 is 0 Å². The van der Waals surface area contributed by atoms with Crippen molar-refractivity contribution in [3.8, 4) is 6.07 Å². The molecule has 5 heteroatoms. The Kier molecular flexibility index (Phi) is 4.44. The highest BCUT2D eigenvalue weighted by molar-refractivity contribution is 9.10. The number of aromatic nitrogens is 1. The van der Waals surface area contributed by atoms with E-state index in [0.29, 0.717) is 5.69 Å². The van der Waals surface area contributed by atoms with Gasteiger partial charge >= 0.3 is 0 Å². The number of pyridine rings is 1. The van der Waals surface area contributed by atoms with Crippen LogP contribution in [0.5, 0.6) is 0 Å². The van der Waals surface area contributed by atoms with Crippen LogP contribution in [0.15, 0.2) is 22.8 Å². The molecular weight excluding hydrogens is 270 g/mol. The molecule has 0 bridgehead atoms. The first-order valence-electron chi connectivity index (χ1n) is 4.85. The number of hydrogen-bond donors (Lipinski definition) is 0. The predicted octanol–water partition coefficient (Wildman–Crippen LogP) is 2.22. The predicted molar refractivity (Wildman–Crippen MR) is 63.7 cm³/mol. The summed E-state index contributed by atoms with van der Waals surface area (Å²) < 4.78 is 0.820. The third-order valence-corrected chi connectivity index (χ3v) is 2.54. The van der Waals surface area contributed by atoms with Gasteiger partial charge in [0.15, 0.2) is 0 Å². The molecule has 0 unspecified atom stereocenters. The maximum Gasteiger partial charge on any atom is 0.273 e. The Labute approximate surface area is 103 Å². The number of nitriles is 1. The van der Waals surface area contributed by atoms with Gasteiger partial charge in [0.25, 0.3) is 5.91 Å². The van der Waals surface area contributed by atoms with Crippen LogP contribution in [0.1, 0.15) is 24.3 Å². The monoisotopic (exact) mass is 281 g/mol. The van der Waals surface area contributed by atoms with Crippen LogP contribution in [0, 0.1) is 11.3 Å². The first kappa shape index (κ1) is 12.7. The smallest absolute Gasteiger partial charge is 0.273 e. The lowest BCUT2D eigenvalue weighted by Gasteiger charge is -2.23. The Hall–Kier alpha value is -1.41. The van der Waals surface area contributed by atoms with E-state index in [-0.39, 0.29) is 18.5 Å². The van der Waals surface area contributed by atoms with Crippen LogP contribution in [-0.4, -0.2) is 28.4 Å². The van der Waals surface area contributed by atoms with Crippen LogP contribution in [0.2, 0.25) is 0 Å². The Balaban J connectivity index is 2.91. The van der Waals surface area contributed by atoms with E-state index < -0.39 is 0 Å². The van der Waals surface area contributed by atoms with E-state index in [4.69, 9.17) is 5.26 Å². The zero-order valence-corrected chi connectivity index (χ0v) is 10.7. The van der Waals surface area contributed by atoms with Crippen molar-refractivity contribution in [2.24, 2.45) is 0 Å². The van der Waals surface area contributed by atoms with Gasteiger partial charge in [-0.3, -0.25) is 4.79 Å². The van der Waals surface area contributed by atoms with Crippen LogP contribution >= 0.6 is 15.9 Å². The van der Waals surface area contributed by atoms with Crippen molar-refractivity contribution in [2.45, 2.75) is 19.9 Å². The molecule has 16 heavy (non-hydrogen) atoms. The van der Waals surface area contributed by atoms with Gasteiger partial charge in [0, 0.05) is 16.7 Å². The molecule has 0 N–H and O–H groups in total. The number of halogens is 1. The topological polar surface area (TPSA) is 57.0 Å². The summed E-state index contributed by atoms with van der Waals surface area (Å²) in [5.41, 5.74) is 0.354. The summed E-state index contributed by atoms with van der Waals surface area (Å²) in [6.45, 7) is 3.82. The third-order valence-electron chi connectivity index (χ3n) is 2.07. The quantitative estimate of drug-likeness (QED) is 0.799. The minimum Gasteiger partial charge on any atom is -0.322 e. The van der Waals surface area contributed by atoms with E-state index >= 15 is 0 Å². The summed E-state index contributed by atoms with van der Waals surface area (Å²) in [6.07, 6.45) is 1.57. The maximum atomic E-state index is 12.0. The lowest BCUT2D eigenvalue weighted by Crippen LogP contribution is -2.37. The van der Waals surface area contributed by atoms with Crippen molar-refractivity contribution >= 4 is 21.8 Å². The molecule has 0 saturated heterocycles. The maximum absolute atomic E-state index is 12.0. The molecule has 1 aromatic rings. The minimum atomic E-state index is -0.218. The van der Waals surface area contributed by atoms with E-state index in [9.17, 15) is 4.79 Å². The van der Waals surface area contributed by atoms with Crippen molar-refractivity contribution in [3.05, 3.63) is 28.5 Å². The lowest BCUT2D eigenvalue weighted by molar-refractivity contribution is 0.0725. The summed E-state index contributed by atoms with van der Waals surface area (Å²) in [7, 11) is 0. The van der Waals surface area contributed by atoms with E-state index in [1.807, 2.05) is 19.9 Å². The molecule has 0 spiro atoms. The molecule has 0 aliphatic heterocycles. The fraction of sp³-hybridized carbons (Fsp3) is 0.364. The third kappa shape index (κ3) is 3.04. The molecule has 0 saturated carbocycles. The van der Waals surface area contributed by atoms with Gasteiger partial charge in [-0.25, -0.2) is 4.98 Å². The van der Waals surface area contributed by atoms with Crippen LogP contribution in [0.25, 0.3) is 0 Å². The molecule has 0 aliphatic carbocycles. The molecule has 0 fully saturated rings. The zero-order chi connectivity index (χ0) is 12.1. The van der Waals surface area contributed by atoms with E-state index in [1.165, 1.54) is 4.90 Å². The number of hydrogen-bond acceptors (Lipinski definition) is 3. The van der Waals surface area contributed by atoms with Crippen LogP contribution in [0.3, 0.4) is 0 Å².